The zero-order valence-corrected chi connectivity index (χ0v) is 13.0. The third kappa shape index (κ3) is 3.45. The van der Waals surface area contributed by atoms with Crippen LogP contribution < -0.4 is 5.32 Å². The van der Waals surface area contributed by atoms with E-state index in [9.17, 15) is 14.0 Å². The molecule has 0 unspecified atom stereocenters. The second-order valence-corrected chi connectivity index (χ2v) is 5.96. The molecule has 7 heteroatoms. The summed E-state index contributed by atoms with van der Waals surface area (Å²) in [5, 5.41) is 16.0. The first-order valence-electron chi connectivity index (χ1n) is 7.89. The molecule has 0 spiro atoms. The molecule has 0 bridgehead atoms. The third-order valence-corrected chi connectivity index (χ3v) is 4.33. The Morgan fingerprint density at radius 1 is 1.17 bits per heavy atom. The number of carboxylic acids is 1. The molecule has 1 aliphatic rings. The van der Waals surface area contributed by atoms with Crippen molar-refractivity contribution in [1.29, 1.82) is 0 Å². The number of carboxylic acid groups (broad SMARTS) is 1. The van der Waals surface area contributed by atoms with E-state index in [1.807, 2.05) is 0 Å². The van der Waals surface area contributed by atoms with Gasteiger partial charge in [0.05, 0.1) is 5.92 Å². The molecule has 24 heavy (non-hydrogen) atoms. The van der Waals surface area contributed by atoms with Gasteiger partial charge >= 0.3 is 5.97 Å². The lowest BCUT2D eigenvalue weighted by Gasteiger charge is -2.26. The molecule has 2 aromatic rings. The molecule has 2 N–H and O–H groups in total. The van der Waals surface area contributed by atoms with Gasteiger partial charge in [0.15, 0.2) is 5.69 Å². The smallest absolute Gasteiger partial charge is 0.306 e. The van der Waals surface area contributed by atoms with Crippen LogP contribution in [0.3, 0.4) is 0 Å². The number of hydrogen-bond acceptors (Lipinski definition) is 3. The summed E-state index contributed by atoms with van der Waals surface area (Å²) in [7, 11) is 0. The molecule has 3 rings (SSSR count). The second kappa shape index (κ2) is 6.82. The van der Waals surface area contributed by atoms with Gasteiger partial charge in [-0.2, -0.15) is 5.10 Å². The summed E-state index contributed by atoms with van der Waals surface area (Å²) in [5.41, 5.74) is 0.483. The Balaban J connectivity index is 1.63. The summed E-state index contributed by atoms with van der Waals surface area (Å²) >= 11 is 0. The monoisotopic (exact) mass is 331 g/mol. The molecule has 1 saturated carbocycles. The minimum absolute atomic E-state index is 0.0493. The van der Waals surface area contributed by atoms with Gasteiger partial charge in [-0.05, 0) is 43.9 Å². The Bertz CT molecular complexity index is 751. The lowest BCUT2D eigenvalue weighted by atomic mass is 9.86. The molecule has 6 nitrogen and oxygen atoms in total. The number of carbonyl (C=O) groups excluding carboxylic acids is 1. The first-order valence-corrected chi connectivity index (χ1v) is 7.89. The molecule has 1 amide bonds. The minimum atomic E-state index is -0.775. The fourth-order valence-corrected chi connectivity index (χ4v) is 2.96. The molecule has 1 heterocycles. The predicted octanol–water partition coefficient (Wildman–Crippen LogP) is 2.38. The number of aromatic nitrogens is 2. The van der Waals surface area contributed by atoms with Crippen LogP contribution >= 0.6 is 0 Å². The Labute approximate surface area is 138 Å². The SMILES string of the molecule is O=C(NC1CCC(C(=O)O)CC1)c1ccn(-c2ccccc2F)n1. The Morgan fingerprint density at radius 3 is 2.54 bits per heavy atom. The van der Waals surface area contributed by atoms with Crippen LogP contribution in [0, 0.1) is 11.7 Å². The van der Waals surface area contributed by atoms with Crippen molar-refractivity contribution in [2.75, 3.05) is 0 Å². The number of nitrogens with one attached hydrogen (secondary N) is 1. The molecular formula is C17H18FN3O3. The molecular weight excluding hydrogens is 313 g/mol. The summed E-state index contributed by atoms with van der Waals surface area (Å²) in [4.78, 5) is 23.2. The van der Waals surface area contributed by atoms with Crippen molar-refractivity contribution < 1.29 is 19.1 Å². The highest BCUT2D eigenvalue weighted by Gasteiger charge is 2.27. The molecule has 0 aliphatic heterocycles. The van der Waals surface area contributed by atoms with Crippen molar-refractivity contribution in [2.45, 2.75) is 31.7 Å². The van der Waals surface area contributed by atoms with Crippen LogP contribution in [0.25, 0.3) is 5.69 Å². The Hall–Kier alpha value is -2.70. The van der Waals surface area contributed by atoms with E-state index in [4.69, 9.17) is 5.11 Å². The van der Waals surface area contributed by atoms with E-state index in [1.165, 1.54) is 23.0 Å². The highest BCUT2D eigenvalue weighted by molar-refractivity contribution is 5.92. The quantitative estimate of drug-likeness (QED) is 0.901. The Morgan fingerprint density at radius 2 is 1.88 bits per heavy atom. The molecule has 0 atom stereocenters. The van der Waals surface area contributed by atoms with Crippen molar-refractivity contribution in [3.63, 3.8) is 0 Å². The standard InChI is InChI=1S/C17H18FN3O3/c18-13-3-1-2-4-15(13)21-10-9-14(20-21)16(22)19-12-7-5-11(6-8-12)17(23)24/h1-4,9-12H,5-8H2,(H,19,22)(H,23,24). The first kappa shape index (κ1) is 16.2. The first-order chi connectivity index (χ1) is 11.5. The van der Waals surface area contributed by atoms with Gasteiger partial charge < -0.3 is 10.4 Å². The fraction of sp³-hybridized carbons (Fsp3) is 0.353. The third-order valence-electron chi connectivity index (χ3n) is 4.33. The van der Waals surface area contributed by atoms with E-state index in [2.05, 4.69) is 10.4 Å². The maximum Gasteiger partial charge on any atom is 0.306 e. The zero-order chi connectivity index (χ0) is 17.1. The second-order valence-electron chi connectivity index (χ2n) is 5.96. The van der Waals surface area contributed by atoms with Gasteiger partial charge in [-0.1, -0.05) is 12.1 Å². The molecule has 1 fully saturated rings. The number of nitrogens with zero attached hydrogens (tertiary/aromatic N) is 2. The number of rotatable bonds is 4. The Kier molecular flexibility index (Phi) is 4.59. The van der Waals surface area contributed by atoms with E-state index < -0.39 is 11.8 Å². The van der Waals surface area contributed by atoms with Gasteiger partial charge in [0.1, 0.15) is 11.5 Å². The van der Waals surface area contributed by atoms with E-state index in [0.717, 1.165) is 0 Å². The van der Waals surface area contributed by atoms with Crippen molar-refractivity contribution >= 4 is 11.9 Å². The number of hydrogen-bond donors (Lipinski definition) is 2. The fourth-order valence-electron chi connectivity index (χ4n) is 2.96. The van der Waals surface area contributed by atoms with Gasteiger partial charge in [0.25, 0.3) is 5.91 Å². The highest BCUT2D eigenvalue weighted by Crippen LogP contribution is 2.24. The predicted molar refractivity (Wildman–Crippen MR) is 84.4 cm³/mol. The van der Waals surface area contributed by atoms with E-state index in [-0.39, 0.29) is 29.2 Å². The summed E-state index contributed by atoms with van der Waals surface area (Å²) in [6.45, 7) is 0. The number of halogens is 1. The minimum Gasteiger partial charge on any atom is -0.481 e. The van der Waals surface area contributed by atoms with Gasteiger partial charge in [0.2, 0.25) is 0 Å². The van der Waals surface area contributed by atoms with Crippen LogP contribution in [-0.4, -0.2) is 32.8 Å². The molecule has 126 valence electrons. The van der Waals surface area contributed by atoms with Gasteiger partial charge in [-0.3, -0.25) is 9.59 Å². The van der Waals surface area contributed by atoms with Crippen LogP contribution in [0.15, 0.2) is 36.5 Å². The van der Waals surface area contributed by atoms with Crippen LogP contribution in [0.5, 0.6) is 0 Å². The van der Waals surface area contributed by atoms with Crippen molar-refractivity contribution in [3.05, 3.63) is 48.0 Å². The molecule has 0 radical (unpaired) electrons. The maximum absolute atomic E-state index is 13.8. The van der Waals surface area contributed by atoms with Crippen molar-refractivity contribution in [1.82, 2.24) is 15.1 Å². The average molecular weight is 331 g/mol. The van der Waals surface area contributed by atoms with Crippen LogP contribution in [0.2, 0.25) is 0 Å². The summed E-state index contributed by atoms with van der Waals surface area (Å²) in [5.74, 6) is -1.84. The van der Waals surface area contributed by atoms with E-state index in [0.29, 0.717) is 25.7 Å². The van der Waals surface area contributed by atoms with E-state index >= 15 is 0 Å². The van der Waals surface area contributed by atoms with Crippen molar-refractivity contribution in [3.8, 4) is 5.69 Å². The number of para-hydroxylation sites is 1. The normalized spacial score (nSPS) is 20.5. The molecule has 1 aromatic carbocycles. The zero-order valence-electron chi connectivity index (χ0n) is 13.0. The topological polar surface area (TPSA) is 84.2 Å². The molecule has 1 aromatic heterocycles. The van der Waals surface area contributed by atoms with Gasteiger partial charge in [-0.15, -0.1) is 0 Å². The van der Waals surface area contributed by atoms with E-state index in [1.54, 1.807) is 18.2 Å². The summed E-state index contributed by atoms with van der Waals surface area (Å²) < 4.78 is 15.1. The summed E-state index contributed by atoms with van der Waals surface area (Å²) in [6.07, 6.45) is 3.93. The number of carbonyl (C=O) groups is 2. The lowest BCUT2D eigenvalue weighted by molar-refractivity contribution is -0.142. The maximum atomic E-state index is 13.8. The summed E-state index contributed by atoms with van der Waals surface area (Å²) in [6, 6.07) is 7.68. The highest BCUT2D eigenvalue weighted by atomic mass is 19.1. The molecule has 0 saturated heterocycles. The largest absolute Gasteiger partial charge is 0.481 e. The number of benzene rings is 1. The van der Waals surface area contributed by atoms with Crippen LogP contribution in [-0.2, 0) is 4.79 Å². The van der Waals surface area contributed by atoms with Crippen LogP contribution in [0.4, 0.5) is 4.39 Å². The van der Waals surface area contributed by atoms with Crippen molar-refractivity contribution in [2.24, 2.45) is 5.92 Å². The van der Waals surface area contributed by atoms with Crippen LogP contribution in [0.1, 0.15) is 36.2 Å². The molecule has 1 aliphatic carbocycles. The number of aliphatic carboxylic acids is 1. The average Bonchev–Trinajstić information content (AvgIpc) is 3.05. The number of amides is 1. The lowest BCUT2D eigenvalue weighted by Crippen LogP contribution is -2.38. The van der Waals surface area contributed by atoms with Gasteiger partial charge in [0, 0.05) is 12.2 Å². The van der Waals surface area contributed by atoms with Gasteiger partial charge in [-0.25, -0.2) is 9.07 Å².